The topological polar surface area (TPSA) is 55.6 Å². The SMILES string of the molecule is CN(Cc1cccc(OC(F)(F)F)c1)C(=O)C1(N)CCCCC1.Cl. The number of amides is 1. The first-order chi connectivity index (χ1) is 10.7. The maximum atomic E-state index is 12.5. The highest BCUT2D eigenvalue weighted by Gasteiger charge is 2.37. The maximum Gasteiger partial charge on any atom is 0.573 e. The Balaban J connectivity index is 0.00000288. The average molecular weight is 367 g/mol. The van der Waals surface area contributed by atoms with Gasteiger partial charge in [-0.25, -0.2) is 0 Å². The maximum absolute atomic E-state index is 12.5. The van der Waals surface area contributed by atoms with Gasteiger partial charge < -0.3 is 15.4 Å². The average Bonchev–Trinajstić information content (AvgIpc) is 2.45. The number of halogens is 4. The Morgan fingerprint density at radius 2 is 1.92 bits per heavy atom. The first-order valence-corrected chi connectivity index (χ1v) is 7.59. The van der Waals surface area contributed by atoms with Crippen LogP contribution in [0.2, 0.25) is 0 Å². The lowest BCUT2D eigenvalue weighted by Crippen LogP contribution is -2.55. The minimum Gasteiger partial charge on any atom is -0.406 e. The third-order valence-electron chi connectivity index (χ3n) is 4.07. The third kappa shape index (κ3) is 5.56. The Kier molecular flexibility index (Phi) is 6.92. The number of alkyl halides is 3. The van der Waals surface area contributed by atoms with Crippen LogP contribution in [0.4, 0.5) is 13.2 Å². The molecular formula is C16H22ClF3N2O2. The molecule has 0 spiro atoms. The summed E-state index contributed by atoms with van der Waals surface area (Å²) >= 11 is 0. The number of carbonyl (C=O) groups is 1. The largest absolute Gasteiger partial charge is 0.573 e. The highest BCUT2D eigenvalue weighted by molar-refractivity contribution is 5.86. The van der Waals surface area contributed by atoms with Crippen LogP contribution in [0.1, 0.15) is 37.7 Å². The van der Waals surface area contributed by atoms with E-state index in [1.165, 1.54) is 23.1 Å². The fourth-order valence-electron chi connectivity index (χ4n) is 2.96. The number of benzene rings is 1. The van der Waals surface area contributed by atoms with Gasteiger partial charge in [0.1, 0.15) is 5.75 Å². The van der Waals surface area contributed by atoms with Crippen LogP contribution in [0.15, 0.2) is 24.3 Å². The zero-order chi connectivity index (χ0) is 17.1. The Hall–Kier alpha value is -1.47. The number of likely N-dealkylation sites (N-methyl/N-ethyl adjacent to an activating group) is 1. The summed E-state index contributed by atoms with van der Waals surface area (Å²) in [4.78, 5) is 14.0. The molecule has 0 heterocycles. The molecule has 8 heteroatoms. The molecule has 1 saturated carbocycles. The number of nitrogens with two attached hydrogens (primary N) is 1. The molecule has 1 aliphatic rings. The lowest BCUT2D eigenvalue weighted by Gasteiger charge is -2.35. The van der Waals surface area contributed by atoms with Crippen LogP contribution in [-0.4, -0.2) is 29.8 Å². The smallest absolute Gasteiger partial charge is 0.406 e. The monoisotopic (exact) mass is 366 g/mol. The van der Waals surface area contributed by atoms with E-state index in [0.29, 0.717) is 18.4 Å². The summed E-state index contributed by atoms with van der Waals surface area (Å²) in [6.07, 6.45) is -0.521. The van der Waals surface area contributed by atoms with Crippen molar-refractivity contribution in [1.82, 2.24) is 4.90 Å². The zero-order valence-electron chi connectivity index (χ0n) is 13.4. The molecule has 0 aliphatic heterocycles. The molecule has 136 valence electrons. The molecule has 0 saturated heterocycles. The number of hydrogen-bond acceptors (Lipinski definition) is 3. The van der Waals surface area contributed by atoms with E-state index in [2.05, 4.69) is 4.74 Å². The summed E-state index contributed by atoms with van der Waals surface area (Å²) in [7, 11) is 1.61. The van der Waals surface area contributed by atoms with Crippen molar-refractivity contribution in [3.05, 3.63) is 29.8 Å². The Labute approximate surface area is 145 Å². The second-order valence-electron chi connectivity index (χ2n) is 6.07. The van der Waals surface area contributed by atoms with Crippen molar-refractivity contribution in [1.29, 1.82) is 0 Å². The van der Waals surface area contributed by atoms with E-state index < -0.39 is 11.9 Å². The van der Waals surface area contributed by atoms with Gasteiger partial charge in [0.05, 0.1) is 5.54 Å². The second-order valence-corrected chi connectivity index (χ2v) is 6.07. The summed E-state index contributed by atoms with van der Waals surface area (Å²) in [6, 6.07) is 5.62. The van der Waals surface area contributed by atoms with Crippen molar-refractivity contribution in [3.63, 3.8) is 0 Å². The van der Waals surface area contributed by atoms with E-state index in [0.717, 1.165) is 19.3 Å². The lowest BCUT2D eigenvalue weighted by atomic mass is 9.81. The Bertz CT molecular complexity index is 560. The van der Waals surface area contributed by atoms with E-state index in [9.17, 15) is 18.0 Å². The number of rotatable bonds is 4. The fourth-order valence-corrected chi connectivity index (χ4v) is 2.96. The van der Waals surface area contributed by atoms with Gasteiger partial charge in [0.2, 0.25) is 5.91 Å². The quantitative estimate of drug-likeness (QED) is 0.885. The molecule has 1 aromatic rings. The van der Waals surface area contributed by atoms with Crippen molar-refractivity contribution in [2.45, 2.75) is 50.6 Å². The van der Waals surface area contributed by atoms with Gasteiger partial charge in [-0.15, -0.1) is 25.6 Å². The van der Waals surface area contributed by atoms with E-state index >= 15 is 0 Å². The molecule has 0 atom stereocenters. The number of nitrogens with zero attached hydrogens (tertiary/aromatic N) is 1. The Morgan fingerprint density at radius 1 is 1.29 bits per heavy atom. The van der Waals surface area contributed by atoms with Crippen LogP contribution in [0, 0.1) is 0 Å². The van der Waals surface area contributed by atoms with Crippen LogP contribution < -0.4 is 10.5 Å². The molecular weight excluding hydrogens is 345 g/mol. The summed E-state index contributed by atoms with van der Waals surface area (Å²) in [5.41, 5.74) is 5.91. The molecule has 2 rings (SSSR count). The van der Waals surface area contributed by atoms with E-state index in [1.807, 2.05) is 0 Å². The van der Waals surface area contributed by atoms with Gasteiger partial charge in [-0.3, -0.25) is 4.79 Å². The van der Waals surface area contributed by atoms with Gasteiger partial charge in [0, 0.05) is 13.6 Å². The van der Waals surface area contributed by atoms with Gasteiger partial charge >= 0.3 is 6.36 Å². The van der Waals surface area contributed by atoms with E-state index in [4.69, 9.17) is 5.73 Å². The minimum absolute atomic E-state index is 0. The zero-order valence-corrected chi connectivity index (χ0v) is 14.3. The minimum atomic E-state index is -4.73. The number of carbonyl (C=O) groups excluding carboxylic acids is 1. The predicted octanol–water partition coefficient (Wildman–Crippen LogP) is 3.63. The Morgan fingerprint density at radius 3 is 2.50 bits per heavy atom. The van der Waals surface area contributed by atoms with Crippen LogP contribution in [0.5, 0.6) is 5.75 Å². The highest BCUT2D eigenvalue weighted by atomic mass is 35.5. The molecule has 2 N–H and O–H groups in total. The normalized spacial score (nSPS) is 16.9. The molecule has 1 fully saturated rings. The summed E-state index contributed by atoms with van der Waals surface area (Å²) < 4.78 is 40.7. The first kappa shape index (κ1) is 20.6. The van der Waals surface area contributed by atoms with Gasteiger partial charge in [-0.05, 0) is 30.5 Å². The van der Waals surface area contributed by atoms with E-state index in [-0.39, 0.29) is 30.6 Å². The summed E-state index contributed by atoms with van der Waals surface area (Å²) in [5.74, 6) is -0.463. The van der Waals surface area contributed by atoms with Crippen LogP contribution >= 0.6 is 12.4 Å². The third-order valence-corrected chi connectivity index (χ3v) is 4.07. The van der Waals surface area contributed by atoms with Crippen molar-refractivity contribution >= 4 is 18.3 Å². The van der Waals surface area contributed by atoms with Gasteiger partial charge in [-0.2, -0.15) is 0 Å². The molecule has 1 aliphatic carbocycles. The molecule has 0 radical (unpaired) electrons. The van der Waals surface area contributed by atoms with Crippen molar-refractivity contribution in [3.8, 4) is 5.75 Å². The van der Waals surface area contributed by atoms with Crippen molar-refractivity contribution < 1.29 is 22.7 Å². The van der Waals surface area contributed by atoms with Gasteiger partial charge in [0.15, 0.2) is 0 Å². The summed E-state index contributed by atoms with van der Waals surface area (Å²) in [5, 5.41) is 0. The molecule has 4 nitrogen and oxygen atoms in total. The molecule has 0 bridgehead atoms. The second kappa shape index (κ2) is 8.07. The van der Waals surface area contributed by atoms with Crippen LogP contribution in [0.25, 0.3) is 0 Å². The number of ether oxygens (including phenoxy) is 1. The van der Waals surface area contributed by atoms with Crippen LogP contribution in [-0.2, 0) is 11.3 Å². The predicted molar refractivity (Wildman–Crippen MR) is 86.9 cm³/mol. The van der Waals surface area contributed by atoms with Gasteiger partial charge in [0.25, 0.3) is 0 Å². The molecule has 0 aromatic heterocycles. The molecule has 1 aromatic carbocycles. The molecule has 24 heavy (non-hydrogen) atoms. The highest BCUT2D eigenvalue weighted by Crippen LogP contribution is 2.28. The first-order valence-electron chi connectivity index (χ1n) is 7.59. The summed E-state index contributed by atoms with van der Waals surface area (Å²) in [6.45, 7) is 0.187. The van der Waals surface area contributed by atoms with Gasteiger partial charge in [-0.1, -0.05) is 31.4 Å². The number of hydrogen-bond donors (Lipinski definition) is 1. The van der Waals surface area contributed by atoms with E-state index in [1.54, 1.807) is 13.1 Å². The van der Waals surface area contributed by atoms with Crippen molar-refractivity contribution in [2.24, 2.45) is 5.73 Å². The van der Waals surface area contributed by atoms with Crippen LogP contribution in [0.3, 0.4) is 0 Å². The molecule has 0 unspecified atom stereocenters. The lowest BCUT2D eigenvalue weighted by molar-refractivity contribution is -0.274. The van der Waals surface area contributed by atoms with Crippen molar-refractivity contribution in [2.75, 3.05) is 7.05 Å². The standard InChI is InChI=1S/C16H21F3N2O2.ClH/c1-21(14(22)15(20)8-3-2-4-9-15)11-12-6-5-7-13(10-12)23-16(17,18)19;/h5-7,10H,2-4,8-9,11,20H2,1H3;1H. The molecule has 1 amide bonds. The fraction of sp³-hybridized carbons (Fsp3) is 0.562.